The fourth-order valence-corrected chi connectivity index (χ4v) is 2.49. The second-order valence-corrected chi connectivity index (χ2v) is 5.24. The van der Waals surface area contributed by atoms with E-state index in [1.807, 2.05) is 0 Å². The zero-order chi connectivity index (χ0) is 12.1. The second-order valence-electron chi connectivity index (χ2n) is 5.24. The monoisotopic (exact) mass is 232 g/mol. The molecule has 2 rings (SSSR count). The summed E-state index contributed by atoms with van der Waals surface area (Å²) in [5.74, 6) is 0.850. The van der Waals surface area contributed by atoms with Gasteiger partial charge < -0.3 is 10.6 Å². The molecule has 1 aromatic rings. The Labute approximate surface area is 105 Å². The van der Waals surface area contributed by atoms with Crippen LogP contribution in [0.5, 0.6) is 0 Å². The highest BCUT2D eigenvalue weighted by molar-refractivity contribution is 5.24. The number of hydrogen-bond acceptors (Lipinski definition) is 2. The maximum atomic E-state index is 3.67. The third-order valence-electron chi connectivity index (χ3n) is 3.71. The van der Waals surface area contributed by atoms with E-state index in [9.17, 15) is 0 Å². The summed E-state index contributed by atoms with van der Waals surface area (Å²) in [5.41, 5.74) is 2.75. The average Bonchev–Trinajstić information content (AvgIpc) is 2.37. The molecule has 0 radical (unpaired) electrons. The van der Waals surface area contributed by atoms with Crippen LogP contribution in [0.25, 0.3) is 0 Å². The van der Waals surface area contributed by atoms with Gasteiger partial charge in [-0.2, -0.15) is 0 Å². The molecule has 0 unspecified atom stereocenters. The van der Waals surface area contributed by atoms with Gasteiger partial charge in [-0.15, -0.1) is 0 Å². The van der Waals surface area contributed by atoms with E-state index in [0.717, 1.165) is 12.5 Å². The van der Waals surface area contributed by atoms with Crippen molar-refractivity contribution in [3.8, 4) is 0 Å². The van der Waals surface area contributed by atoms with Crippen molar-refractivity contribution in [1.29, 1.82) is 0 Å². The normalized spacial score (nSPS) is 19.2. The summed E-state index contributed by atoms with van der Waals surface area (Å²) in [6, 6.07) is 9.26. The topological polar surface area (TPSA) is 24.1 Å². The van der Waals surface area contributed by atoms with Crippen molar-refractivity contribution in [2.45, 2.75) is 32.7 Å². The minimum Gasteiger partial charge on any atom is -0.317 e. The van der Waals surface area contributed by atoms with Crippen LogP contribution in [0.15, 0.2) is 24.3 Å². The Hall–Kier alpha value is -0.860. The molecule has 0 spiro atoms. The molecule has 1 aliphatic heterocycles. The van der Waals surface area contributed by atoms with Gasteiger partial charge in [0.1, 0.15) is 0 Å². The van der Waals surface area contributed by atoms with E-state index in [4.69, 9.17) is 0 Å². The highest BCUT2D eigenvalue weighted by atomic mass is 14.9. The lowest BCUT2D eigenvalue weighted by molar-refractivity contribution is 0.345. The predicted octanol–water partition coefficient (Wildman–Crippen LogP) is 2.65. The number of piperidine rings is 1. The summed E-state index contributed by atoms with van der Waals surface area (Å²) >= 11 is 0. The lowest BCUT2D eigenvalue weighted by atomic mass is 9.97. The Balaban J connectivity index is 1.82. The van der Waals surface area contributed by atoms with Crippen LogP contribution in [-0.2, 0) is 0 Å². The molecule has 1 aliphatic rings. The molecule has 0 bridgehead atoms. The molecule has 1 saturated heterocycles. The van der Waals surface area contributed by atoms with Gasteiger partial charge in [-0.25, -0.2) is 0 Å². The molecule has 1 heterocycles. The van der Waals surface area contributed by atoms with Crippen LogP contribution in [0.3, 0.4) is 0 Å². The second kappa shape index (κ2) is 6.18. The number of benzene rings is 1. The molecule has 0 saturated carbocycles. The van der Waals surface area contributed by atoms with Gasteiger partial charge in [0.2, 0.25) is 0 Å². The average molecular weight is 232 g/mol. The molecule has 17 heavy (non-hydrogen) atoms. The molecule has 2 heteroatoms. The van der Waals surface area contributed by atoms with E-state index in [2.05, 4.69) is 48.7 Å². The molecule has 1 fully saturated rings. The van der Waals surface area contributed by atoms with Crippen molar-refractivity contribution < 1.29 is 0 Å². The zero-order valence-electron chi connectivity index (χ0n) is 11.0. The number of aryl methyl sites for hydroxylation is 1. The summed E-state index contributed by atoms with van der Waals surface area (Å²) in [4.78, 5) is 0. The SMILES string of the molecule is Cc1cccc([C@H](C)NCC2CCNCC2)c1. The fraction of sp³-hybridized carbons (Fsp3) is 0.600. The van der Waals surface area contributed by atoms with Crippen LogP contribution in [0, 0.1) is 12.8 Å². The summed E-state index contributed by atoms with van der Waals surface area (Å²) in [6.07, 6.45) is 2.63. The maximum absolute atomic E-state index is 3.67. The smallest absolute Gasteiger partial charge is 0.0292 e. The van der Waals surface area contributed by atoms with Gasteiger partial charge in [-0.05, 0) is 57.8 Å². The standard InChI is InChI=1S/C15H24N2/c1-12-4-3-5-15(10-12)13(2)17-11-14-6-8-16-9-7-14/h3-5,10,13-14,16-17H,6-9,11H2,1-2H3/t13-/m0/s1. The molecule has 0 aliphatic carbocycles. The lowest BCUT2D eigenvalue weighted by Crippen LogP contribution is -2.34. The Morgan fingerprint density at radius 2 is 2.12 bits per heavy atom. The summed E-state index contributed by atoms with van der Waals surface area (Å²) in [7, 11) is 0. The summed E-state index contributed by atoms with van der Waals surface area (Å²) in [6.45, 7) is 7.94. The Morgan fingerprint density at radius 1 is 1.35 bits per heavy atom. The van der Waals surface area contributed by atoms with Gasteiger partial charge in [0, 0.05) is 6.04 Å². The summed E-state index contributed by atoms with van der Waals surface area (Å²) in [5, 5.41) is 7.08. The molecular formula is C15H24N2. The highest BCUT2D eigenvalue weighted by Gasteiger charge is 2.14. The first-order chi connectivity index (χ1) is 8.25. The minimum absolute atomic E-state index is 0.463. The van der Waals surface area contributed by atoms with Gasteiger partial charge in [0.05, 0.1) is 0 Å². The Bertz CT molecular complexity index is 343. The molecular weight excluding hydrogens is 208 g/mol. The van der Waals surface area contributed by atoms with Gasteiger partial charge >= 0.3 is 0 Å². The molecule has 94 valence electrons. The largest absolute Gasteiger partial charge is 0.317 e. The molecule has 0 aromatic heterocycles. The van der Waals surface area contributed by atoms with Crippen molar-refractivity contribution in [1.82, 2.24) is 10.6 Å². The molecule has 2 nitrogen and oxygen atoms in total. The van der Waals surface area contributed by atoms with Crippen molar-refractivity contribution in [2.24, 2.45) is 5.92 Å². The van der Waals surface area contributed by atoms with E-state index >= 15 is 0 Å². The Kier molecular flexibility index (Phi) is 4.57. The van der Waals surface area contributed by atoms with Crippen molar-refractivity contribution in [3.05, 3.63) is 35.4 Å². The van der Waals surface area contributed by atoms with Crippen LogP contribution >= 0.6 is 0 Å². The molecule has 1 atom stereocenters. The number of nitrogens with one attached hydrogen (secondary N) is 2. The van der Waals surface area contributed by atoms with Gasteiger partial charge in [-0.3, -0.25) is 0 Å². The predicted molar refractivity (Wildman–Crippen MR) is 73.2 cm³/mol. The first kappa shape index (κ1) is 12.6. The van der Waals surface area contributed by atoms with E-state index in [0.29, 0.717) is 6.04 Å². The zero-order valence-corrected chi connectivity index (χ0v) is 11.0. The van der Waals surface area contributed by atoms with E-state index in [1.54, 1.807) is 0 Å². The van der Waals surface area contributed by atoms with Gasteiger partial charge in [0.25, 0.3) is 0 Å². The molecule has 1 aromatic carbocycles. The van der Waals surface area contributed by atoms with Gasteiger partial charge in [0.15, 0.2) is 0 Å². The van der Waals surface area contributed by atoms with Crippen LogP contribution in [0.2, 0.25) is 0 Å². The third-order valence-corrected chi connectivity index (χ3v) is 3.71. The first-order valence-electron chi connectivity index (χ1n) is 6.76. The van der Waals surface area contributed by atoms with Crippen molar-refractivity contribution >= 4 is 0 Å². The minimum atomic E-state index is 0.463. The quantitative estimate of drug-likeness (QED) is 0.834. The van der Waals surface area contributed by atoms with Crippen molar-refractivity contribution in [2.75, 3.05) is 19.6 Å². The molecule has 2 N–H and O–H groups in total. The van der Waals surface area contributed by atoms with Crippen LogP contribution < -0.4 is 10.6 Å². The first-order valence-corrected chi connectivity index (χ1v) is 6.76. The van der Waals surface area contributed by atoms with E-state index < -0.39 is 0 Å². The Morgan fingerprint density at radius 3 is 2.82 bits per heavy atom. The van der Waals surface area contributed by atoms with Crippen LogP contribution in [-0.4, -0.2) is 19.6 Å². The van der Waals surface area contributed by atoms with Gasteiger partial charge in [-0.1, -0.05) is 29.8 Å². The third kappa shape index (κ3) is 3.83. The van der Waals surface area contributed by atoms with Crippen molar-refractivity contribution in [3.63, 3.8) is 0 Å². The number of hydrogen-bond donors (Lipinski definition) is 2. The lowest BCUT2D eigenvalue weighted by Gasteiger charge is -2.25. The molecule has 0 amide bonds. The van der Waals surface area contributed by atoms with E-state index in [1.165, 1.54) is 37.1 Å². The number of rotatable bonds is 4. The highest BCUT2D eigenvalue weighted by Crippen LogP contribution is 2.16. The van der Waals surface area contributed by atoms with Crippen LogP contribution in [0.4, 0.5) is 0 Å². The van der Waals surface area contributed by atoms with E-state index in [-0.39, 0.29) is 0 Å². The summed E-state index contributed by atoms with van der Waals surface area (Å²) < 4.78 is 0. The fourth-order valence-electron chi connectivity index (χ4n) is 2.49. The maximum Gasteiger partial charge on any atom is 0.0292 e. The van der Waals surface area contributed by atoms with Crippen LogP contribution in [0.1, 0.15) is 36.9 Å².